The number of carboxylic acid groups (broad SMARTS) is 1. The van der Waals surface area contributed by atoms with Crippen LogP contribution in [0.15, 0.2) is 48.7 Å². The number of nitrogens with zero attached hydrogens (tertiary/aromatic N) is 3. The Morgan fingerprint density at radius 2 is 2.00 bits per heavy atom. The molecule has 9 nitrogen and oxygen atoms in total. The van der Waals surface area contributed by atoms with E-state index in [-0.39, 0.29) is 11.6 Å². The average molecular weight is 516 g/mol. The second-order valence-electron chi connectivity index (χ2n) is 8.49. The third-order valence-corrected chi connectivity index (χ3v) is 6.31. The van der Waals surface area contributed by atoms with Crippen molar-refractivity contribution in [3.8, 4) is 17.0 Å². The third-order valence-electron chi connectivity index (χ3n) is 6.03. The van der Waals surface area contributed by atoms with Crippen molar-refractivity contribution in [2.45, 2.75) is 18.9 Å². The molecule has 2 amide bonds. The quantitative estimate of drug-likeness (QED) is 0.387. The standard InChI is InChI=1S/C25H27ClFN5O4/c1-31-23(21(26)15-29-31)20-14-19(30-24(33)16-3-2-4-17(27)13-16)5-6-22(20)36-12-9-28-18-7-10-32(11-8-18)25(34)35/h2-6,13-15,18,28H,7-12H2,1H3,(H,30,33)(H,34,35). The zero-order valence-corrected chi connectivity index (χ0v) is 20.5. The van der Waals surface area contributed by atoms with Crippen LogP contribution < -0.4 is 15.4 Å². The Balaban J connectivity index is 1.44. The maximum Gasteiger partial charge on any atom is 0.407 e. The van der Waals surface area contributed by atoms with Gasteiger partial charge in [-0.25, -0.2) is 9.18 Å². The predicted octanol–water partition coefficient (Wildman–Crippen LogP) is 4.24. The van der Waals surface area contributed by atoms with E-state index in [4.69, 9.17) is 21.4 Å². The zero-order chi connectivity index (χ0) is 25.7. The highest BCUT2D eigenvalue weighted by Gasteiger charge is 2.22. The van der Waals surface area contributed by atoms with Crippen LogP contribution in [-0.4, -0.2) is 64.1 Å². The van der Waals surface area contributed by atoms with E-state index >= 15 is 0 Å². The summed E-state index contributed by atoms with van der Waals surface area (Å²) < 4.78 is 21.2. The Labute approximate surface area is 212 Å². The molecule has 0 aliphatic carbocycles. The second kappa shape index (κ2) is 11.4. The van der Waals surface area contributed by atoms with Gasteiger partial charge in [0.15, 0.2) is 0 Å². The molecule has 0 atom stereocenters. The van der Waals surface area contributed by atoms with Crippen LogP contribution in [0, 0.1) is 5.82 Å². The first-order valence-electron chi connectivity index (χ1n) is 11.5. The van der Waals surface area contributed by atoms with Crippen LogP contribution in [0.3, 0.4) is 0 Å². The highest BCUT2D eigenvalue weighted by molar-refractivity contribution is 6.33. The molecule has 1 fully saturated rings. The van der Waals surface area contributed by atoms with Gasteiger partial charge in [0.2, 0.25) is 0 Å². The number of aromatic nitrogens is 2. The highest BCUT2D eigenvalue weighted by atomic mass is 35.5. The highest BCUT2D eigenvalue weighted by Crippen LogP contribution is 2.36. The molecule has 0 bridgehead atoms. The van der Waals surface area contributed by atoms with Gasteiger partial charge in [0, 0.05) is 49.5 Å². The Morgan fingerprint density at radius 1 is 1.22 bits per heavy atom. The van der Waals surface area contributed by atoms with Crippen LogP contribution >= 0.6 is 11.6 Å². The van der Waals surface area contributed by atoms with E-state index in [0.29, 0.717) is 54.0 Å². The van der Waals surface area contributed by atoms with E-state index in [1.165, 1.54) is 35.4 Å². The van der Waals surface area contributed by atoms with Gasteiger partial charge in [-0.2, -0.15) is 5.10 Å². The van der Waals surface area contributed by atoms with Crippen molar-refractivity contribution in [2.75, 3.05) is 31.6 Å². The smallest absolute Gasteiger partial charge is 0.407 e. The SMILES string of the molecule is Cn1ncc(Cl)c1-c1cc(NC(=O)c2cccc(F)c2)ccc1OCCNC1CCN(C(=O)O)CC1. The van der Waals surface area contributed by atoms with Gasteiger partial charge in [-0.05, 0) is 49.2 Å². The summed E-state index contributed by atoms with van der Waals surface area (Å²) in [5, 5.41) is 19.9. The van der Waals surface area contributed by atoms with Gasteiger partial charge in [0.1, 0.15) is 18.2 Å². The van der Waals surface area contributed by atoms with Crippen molar-refractivity contribution in [1.82, 2.24) is 20.0 Å². The minimum absolute atomic E-state index is 0.204. The molecular weight excluding hydrogens is 489 g/mol. The molecule has 1 aliphatic rings. The van der Waals surface area contributed by atoms with E-state index < -0.39 is 17.8 Å². The number of halogens is 2. The first-order chi connectivity index (χ1) is 17.3. The van der Waals surface area contributed by atoms with Crippen molar-refractivity contribution in [2.24, 2.45) is 7.05 Å². The molecule has 1 saturated heterocycles. The number of benzene rings is 2. The molecule has 0 radical (unpaired) electrons. The summed E-state index contributed by atoms with van der Waals surface area (Å²) in [6, 6.07) is 10.9. The summed E-state index contributed by atoms with van der Waals surface area (Å²) >= 11 is 6.39. The van der Waals surface area contributed by atoms with E-state index in [9.17, 15) is 14.0 Å². The van der Waals surface area contributed by atoms with Crippen LogP contribution in [0.1, 0.15) is 23.2 Å². The van der Waals surface area contributed by atoms with Crippen molar-refractivity contribution in [3.05, 3.63) is 65.1 Å². The number of anilines is 1. The van der Waals surface area contributed by atoms with Gasteiger partial charge in [0.05, 0.1) is 16.9 Å². The Bertz CT molecular complexity index is 1220. The molecular formula is C25H27ClFN5O4. The fraction of sp³-hybridized carbons (Fsp3) is 0.320. The monoisotopic (exact) mass is 515 g/mol. The fourth-order valence-electron chi connectivity index (χ4n) is 4.16. The molecule has 36 heavy (non-hydrogen) atoms. The summed E-state index contributed by atoms with van der Waals surface area (Å²) in [6.07, 6.45) is 2.15. The fourth-order valence-corrected chi connectivity index (χ4v) is 4.43. The summed E-state index contributed by atoms with van der Waals surface area (Å²) in [4.78, 5) is 25.1. The number of carbonyl (C=O) groups excluding carboxylic acids is 1. The largest absolute Gasteiger partial charge is 0.492 e. The average Bonchev–Trinajstić information content (AvgIpc) is 3.20. The van der Waals surface area contributed by atoms with Crippen LogP contribution in [-0.2, 0) is 7.05 Å². The van der Waals surface area contributed by atoms with Crippen LogP contribution in [0.25, 0.3) is 11.3 Å². The normalized spacial score (nSPS) is 14.0. The van der Waals surface area contributed by atoms with Crippen molar-refractivity contribution in [3.63, 3.8) is 0 Å². The Kier molecular flexibility index (Phi) is 8.07. The summed E-state index contributed by atoms with van der Waals surface area (Å²) in [6.45, 7) is 1.98. The molecule has 190 valence electrons. The van der Waals surface area contributed by atoms with Gasteiger partial charge >= 0.3 is 6.09 Å². The predicted molar refractivity (Wildman–Crippen MR) is 134 cm³/mol. The molecule has 3 N–H and O–H groups in total. The minimum Gasteiger partial charge on any atom is -0.492 e. The molecule has 2 heterocycles. The number of nitrogens with one attached hydrogen (secondary N) is 2. The molecule has 2 aromatic carbocycles. The number of piperidine rings is 1. The maximum atomic E-state index is 13.5. The first kappa shape index (κ1) is 25.5. The van der Waals surface area contributed by atoms with Gasteiger partial charge in [-0.3, -0.25) is 9.48 Å². The van der Waals surface area contributed by atoms with Crippen LogP contribution in [0.2, 0.25) is 5.02 Å². The van der Waals surface area contributed by atoms with E-state index in [1.54, 1.807) is 29.9 Å². The number of aryl methyl sites for hydroxylation is 1. The lowest BCUT2D eigenvalue weighted by Gasteiger charge is -2.30. The van der Waals surface area contributed by atoms with E-state index in [0.717, 1.165) is 12.8 Å². The Hall–Kier alpha value is -3.63. The van der Waals surface area contributed by atoms with Gasteiger partial charge < -0.3 is 25.4 Å². The lowest BCUT2D eigenvalue weighted by atomic mass is 10.1. The lowest BCUT2D eigenvalue weighted by Crippen LogP contribution is -2.45. The summed E-state index contributed by atoms with van der Waals surface area (Å²) in [5.41, 5.74) is 1.97. The number of likely N-dealkylation sites (tertiary alicyclic amines) is 1. The molecule has 0 saturated carbocycles. The summed E-state index contributed by atoms with van der Waals surface area (Å²) in [5.74, 6) is -0.370. The molecule has 0 unspecified atom stereocenters. The maximum absolute atomic E-state index is 13.5. The lowest BCUT2D eigenvalue weighted by molar-refractivity contribution is 0.102. The van der Waals surface area contributed by atoms with Gasteiger partial charge in [0.25, 0.3) is 5.91 Å². The topological polar surface area (TPSA) is 109 Å². The second-order valence-corrected chi connectivity index (χ2v) is 8.89. The van der Waals surface area contributed by atoms with E-state index in [1.807, 2.05) is 0 Å². The molecule has 4 rings (SSSR count). The number of hydrogen-bond donors (Lipinski definition) is 3. The molecule has 3 aromatic rings. The zero-order valence-electron chi connectivity index (χ0n) is 19.7. The Morgan fingerprint density at radius 3 is 2.67 bits per heavy atom. The van der Waals surface area contributed by atoms with Crippen molar-refractivity contribution >= 4 is 29.3 Å². The van der Waals surface area contributed by atoms with Gasteiger partial charge in [-0.1, -0.05) is 17.7 Å². The van der Waals surface area contributed by atoms with Crippen LogP contribution in [0.5, 0.6) is 5.75 Å². The van der Waals surface area contributed by atoms with Crippen molar-refractivity contribution in [1.29, 1.82) is 0 Å². The number of rotatable bonds is 8. The first-order valence-corrected chi connectivity index (χ1v) is 11.9. The molecule has 1 aliphatic heterocycles. The molecule has 1 aromatic heterocycles. The number of amides is 2. The number of carbonyl (C=O) groups is 2. The van der Waals surface area contributed by atoms with Crippen LogP contribution in [0.4, 0.5) is 14.9 Å². The van der Waals surface area contributed by atoms with Crippen molar-refractivity contribution < 1.29 is 23.8 Å². The third kappa shape index (κ3) is 6.13. The van der Waals surface area contributed by atoms with E-state index in [2.05, 4.69) is 15.7 Å². The minimum atomic E-state index is -0.881. The number of ether oxygens (including phenoxy) is 1. The summed E-state index contributed by atoms with van der Waals surface area (Å²) in [7, 11) is 1.76. The molecule has 0 spiro atoms. The van der Waals surface area contributed by atoms with Gasteiger partial charge in [-0.15, -0.1) is 0 Å². The number of hydrogen-bond acceptors (Lipinski definition) is 5. The molecule has 11 heteroatoms.